The standard InChI is InChI=1S/C14H9ClF2O3S/c15-10-2-4-11(16)9(5-10)7-21(20)13-6-8(14(18)19)1-3-12(13)17/h1-6H,7H2,(H,18,19). The van der Waals surface area contributed by atoms with Crippen molar-refractivity contribution >= 4 is 28.4 Å². The fourth-order valence-corrected chi connectivity index (χ4v) is 3.08. The van der Waals surface area contributed by atoms with Crippen LogP contribution >= 0.6 is 11.6 Å². The minimum absolute atomic E-state index is 0.0703. The molecule has 2 aromatic carbocycles. The van der Waals surface area contributed by atoms with Gasteiger partial charge in [0.15, 0.2) is 0 Å². The lowest BCUT2D eigenvalue weighted by Gasteiger charge is -2.07. The van der Waals surface area contributed by atoms with Gasteiger partial charge in [-0.1, -0.05) is 11.6 Å². The molecule has 0 radical (unpaired) electrons. The molecular formula is C14H9ClF2O3S. The summed E-state index contributed by atoms with van der Waals surface area (Å²) in [5, 5.41) is 9.12. The van der Waals surface area contributed by atoms with E-state index in [9.17, 15) is 17.8 Å². The first-order chi connectivity index (χ1) is 9.88. The fraction of sp³-hybridized carbons (Fsp3) is 0.0714. The summed E-state index contributed by atoms with van der Waals surface area (Å²) in [5.74, 6) is -2.97. The van der Waals surface area contributed by atoms with Gasteiger partial charge in [-0.3, -0.25) is 4.21 Å². The van der Waals surface area contributed by atoms with Crippen LogP contribution in [0.3, 0.4) is 0 Å². The van der Waals surface area contributed by atoms with Gasteiger partial charge in [0, 0.05) is 10.6 Å². The second-order valence-electron chi connectivity index (χ2n) is 4.18. The Hall–Kier alpha value is -1.79. The van der Waals surface area contributed by atoms with Gasteiger partial charge in [-0.05, 0) is 36.4 Å². The van der Waals surface area contributed by atoms with E-state index in [1.165, 1.54) is 12.1 Å². The van der Waals surface area contributed by atoms with Gasteiger partial charge in [0.05, 0.1) is 27.0 Å². The Morgan fingerprint density at radius 1 is 1.14 bits per heavy atom. The van der Waals surface area contributed by atoms with Gasteiger partial charge in [-0.25, -0.2) is 13.6 Å². The van der Waals surface area contributed by atoms with Gasteiger partial charge in [-0.15, -0.1) is 0 Å². The number of hydrogen-bond donors (Lipinski definition) is 1. The average molecular weight is 331 g/mol. The molecule has 0 saturated carbocycles. The fourth-order valence-electron chi connectivity index (χ4n) is 1.68. The summed E-state index contributed by atoms with van der Waals surface area (Å²) in [7, 11) is -1.93. The van der Waals surface area contributed by atoms with Gasteiger partial charge in [-0.2, -0.15) is 0 Å². The molecule has 0 aliphatic carbocycles. The van der Waals surface area contributed by atoms with Crippen molar-refractivity contribution in [3.8, 4) is 0 Å². The lowest BCUT2D eigenvalue weighted by molar-refractivity contribution is 0.0696. The molecule has 1 N–H and O–H groups in total. The molecule has 0 aliphatic rings. The maximum atomic E-state index is 13.7. The summed E-state index contributed by atoms with van der Waals surface area (Å²) in [6.07, 6.45) is 0. The predicted molar refractivity (Wildman–Crippen MR) is 74.9 cm³/mol. The summed E-state index contributed by atoms with van der Waals surface area (Å²) in [6, 6.07) is 6.74. The second kappa shape index (κ2) is 6.32. The molecule has 7 heteroatoms. The third-order valence-corrected chi connectivity index (χ3v) is 4.33. The Bertz CT molecular complexity index is 734. The van der Waals surface area contributed by atoms with E-state index in [4.69, 9.17) is 16.7 Å². The molecule has 110 valence electrons. The van der Waals surface area contributed by atoms with Gasteiger partial charge >= 0.3 is 5.97 Å². The Morgan fingerprint density at radius 3 is 2.48 bits per heavy atom. The molecule has 2 aromatic rings. The summed E-state index contributed by atoms with van der Waals surface area (Å²) in [4.78, 5) is 10.6. The normalized spacial score (nSPS) is 12.1. The zero-order valence-electron chi connectivity index (χ0n) is 10.5. The van der Waals surface area contributed by atoms with Gasteiger partial charge < -0.3 is 5.11 Å². The predicted octanol–water partition coefficient (Wildman–Crippen LogP) is 3.62. The van der Waals surface area contributed by atoms with Crippen LogP contribution < -0.4 is 0 Å². The molecule has 0 spiro atoms. The molecule has 0 aliphatic heterocycles. The largest absolute Gasteiger partial charge is 0.478 e. The molecule has 21 heavy (non-hydrogen) atoms. The van der Waals surface area contributed by atoms with Crippen LogP contribution in [0.15, 0.2) is 41.3 Å². The van der Waals surface area contributed by atoms with E-state index >= 15 is 0 Å². The highest BCUT2D eigenvalue weighted by molar-refractivity contribution is 7.84. The molecule has 0 saturated heterocycles. The van der Waals surface area contributed by atoms with Crippen LogP contribution in [-0.4, -0.2) is 15.3 Å². The van der Waals surface area contributed by atoms with Crippen molar-refractivity contribution in [2.45, 2.75) is 10.6 Å². The summed E-state index contributed by atoms with van der Waals surface area (Å²) in [5.41, 5.74) is -0.118. The van der Waals surface area contributed by atoms with Crippen LogP contribution in [0.4, 0.5) is 8.78 Å². The number of rotatable bonds is 4. The van der Waals surface area contributed by atoms with Crippen molar-refractivity contribution in [1.29, 1.82) is 0 Å². The molecule has 0 bridgehead atoms. The Labute approximate surface area is 126 Å². The molecule has 0 aromatic heterocycles. The monoisotopic (exact) mass is 330 g/mol. The van der Waals surface area contributed by atoms with Crippen LogP contribution in [0.1, 0.15) is 15.9 Å². The molecule has 0 fully saturated rings. The van der Waals surface area contributed by atoms with E-state index in [-0.39, 0.29) is 26.8 Å². The molecule has 2 rings (SSSR count). The average Bonchev–Trinajstić information content (AvgIpc) is 2.43. The highest BCUT2D eigenvalue weighted by Gasteiger charge is 2.16. The third kappa shape index (κ3) is 3.65. The minimum Gasteiger partial charge on any atom is -0.478 e. The third-order valence-electron chi connectivity index (χ3n) is 2.72. The summed E-state index contributed by atoms with van der Waals surface area (Å²) >= 11 is 5.73. The minimum atomic E-state index is -1.93. The highest BCUT2D eigenvalue weighted by atomic mass is 35.5. The maximum absolute atomic E-state index is 13.7. The lowest BCUT2D eigenvalue weighted by Crippen LogP contribution is -2.04. The first-order valence-corrected chi connectivity index (χ1v) is 7.43. The van der Waals surface area contributed by atoms with Gasteiger partial charge in [0.1, 0.15) is 11.6 Å². The topological polar surface area (TPSA) is 54.4 Å². The van der Waals surface area contributed by atoms with Crippen molar-refractivity contribution in [3.63, 3.8) is 0 Å². The number of carbonyl (C=O) groups is 1. The van der Waals surface area contributed by atoms with Crippen molar-refractivity contribution in [2.24, 2.45) is 0 Å². The molecule has 1 atom stereocenters. The highest BCUT2D eigenvalue weighted by Crippen LogP contribution is 2.21. The van der Waals surface area contributed by atoms with Crippen molar-refractivity contribution in [2.75, 3.05) is 0 Å². The zero-order valence-corrected chi connectivity index (χ0v) is 12.0. The van der Waals surface area contributed by atoms with Crippen LogP contribution in [0.25, 0.3) is 0 Å². The number of carboxylic acid groups (broad SMARTS) is 1. The maximum Gasteiger partial charge on any atom is 0.335 e. The lowest BCUT2D eigenvalue weighted by atomic mass is 10.2. The first-order valence-electron chi connectivity index (χ1n) is 5.73. The van der Waals surface area contributed by atoms with Gasteiger partial charge in [0.2, 0.25) is 0 Å². The van der Waals surface area contributed by atoms with Crippen LogP contribution in [0, 0.1) is 11.6 Å². The number of hydrogen-bond acceptors (Lipinski definition) is 2. The Kier molecular flexibility index (Phi) is 4.69. The second-order valence-corrected chi connectivity index (χ2v) is 6.03. The summed E-state index contributed by atoms with van der Waals surface area (Å²) < 4.78 is 39.4. The van der Waals surface area contributed by atoms with Crippen LogP contribution in [0.2, 0.25) is 5.02 Å². The van der Waals surface area contributed by atoms with Crippen molar-refractivity contribution < 1.29 is 22.9 Å². The quantitative estimate of drug-likeness (QED) is 0.931. The van der Waals surface area contributed by atoms with Gasteiger partial charge in [0.25, 0.3) is 0 Å². The van der Waals surface area contributed by atoms with E-state index in [0.717, 1.165) is 24.3 Å². The van der Waals surface area contributed by atoms with Crippen LogP contribution in [0.5, 0.6) is 0 Å². The number of aromatic carboxylic acids is 1. The summed E-state index contributed by atoms with van der Waals surface area (Å²) in [6.45, 7) is 0. The number of halogens is 3. The van der Waals surface area contributed by atoms with E-state index in [0.29, 0.717) is 0 Å². The molecular weight excluding hydrogens is 322 g/mol. The first kappa shape index (κ1) is 15.6. The Morgan fingerprint density at radius 2 is 1.81 bits per heavy atom. The molecule has 3 nitrogen and oxygen atoms in total. The molecule has 0 amide bonds. The zero-order chi connectivity index (χ0) is 15.6. The molecule has 1 unspecified atom stereocenters. The number of carboxylic acids is 1. The Balaban J connectivity index is 2.34. The van der Waals surface area contributed by atoms with E-state index in [1.54, 1.807) is 0 Å². The smallest absolute Gasteiger partial charge is 0.335 e. The van der Waals surface area contributed by atoms with Crippen LogP contribution in [-0.2, 0) is 16.6 Å². The van der Waals surface area contributed by atoms with E-state index in [2.05, 4.69) is 0 Å². The van der Waals surface area contributed by atoms with Crippen molar-refractivity contribution in [3.05, 3.63) is 64.2 Å². The SMILES string of the molecule is O=C(O)c1ccc(F)c(S(=O)Cc2cc(Cl)ccc2F)c1. The number of benzene rings is 2. The molecule has 0 heterocycles. The van der Waals surface area contributed by atoms with Crippen molar-refractivity contribution in [1.82, 2.24) is 0 Å². The van der Waals surface area contributed by atoms with E-state index < -0.39 is 28.4 Å². The van der Waals surface area contributed by atoms with E-state index in [1.807, 2.05) is 0 Å².